The van der Waals surface area contributed by atoms with Gasteiger partial charge in [-0.2, -0.15) is 0 Å². The number of hydrogen-bond acceptors (Lipinski definition) is 4. The highest BCUT2D eigenvalue weighted by molar-refractivity contribution is 8.00. The first-order chi connectivity index (χ1) is 23.1. The summed E-state index contributed by atoms with van der Waals surface area (Å²) in [5.41, 5.74) is -0.695. The molecule has 5 aromatic rings. The molecule has 0 heterocycles. The summed E-state index contributed by atoms with van der Waals surface area (Å²) in [5.74, 6) is 0.987. The predicted molar refractivity (Wildman–Crippen MR) is 203 cm³/mol. The SMILES string of the molecule is CCOC(=O)CC(C(=O)OCC)[P+](CP(CP(c1ccccc1)c1ccccc1)c1ccccc1)(c1ccccc1)c1ccccc1. The van der Waals surface area contributed by atoms with Crippen molar-refractivity contribution in [3.8, 4) is 0 Å². The van der Waals surface area contributed by atoms with Crippen LogP contribution in [0.25, 0.3) is 0 Å². The van der Waals surface area contributed by atoms with Crippen LogP contribution in [0.5, 0.6) is 0 Å². The maximum absolute atomic E-state index is 14.3. The number of carbonyl (C=O) groups excluding carboxylic acids is 2. The summed E-state index contributed by atoms with van der Waals surface area (Å²) < 4.78 is 11.3. The van der Waals surface area contributed by atoms with Crippen molar-refractivity contribution in [1.29, 1.82) is 0 Å². The third-order valence-electron chi connectivity index (χ3n) is 8.15. The van der Waals surface area contributed by atoms with E-state index in [0.29, 0.717) is 0 Å². The monoisotopic (exact) mass is 679 g/mol. The lowest BCUT2D eigenvalue weighted by atomic mass is 10.3. The molecule has 0 aromatic heterocycles. The van der Waals surface area contributed by atoms with E-state index in [-0.39, 0.29) is 31.6 Å². The minimum Gasteiger partial charge on any atom is -0.466 e. The fourth-order valence-corrected chi connectivity index (χ4v) is 20.7. The van der Waals surface area contributed by atoms with Crippen molar-refractivity contribution in [2.24, 2.45) is 0 Å². The van der Waals surface area contributed by atoms with E-state index >= 15 is 0 Å². The van der Waals surface area contributed by atoms with Crippen LogP contribution in [-0.4, -0.2) is 42.6 Å². The van der Waals surface area contributed by atoms with E-state index in [4.69, 9.17) is 9.47 Å². The van der Waals surface area contributed by atoms with Crippen LogP contribution < -0.4 is 26.5 Å². The lowest BCUT2D eigenvalue weighted by Gasteiger charge is -2.37. The molecule has 0 fully saturated rings. The van der Waals surface area contributed by atoms with Crippen molar-refractivity contribution in [3.63, 3.8) is 0 Å². The van der Waals surface area contributed by atoms with Crippen LogP contribution >= 0.6 is 23.1 Å². The fourth-order valence-electron chi connectivity index (χ4n) is 6.01. The Hall–Kier alpha value is -3.67. The van der Waals surface area contributed by atoms with E-state index in [0.717, 1.165) is 22.4 Å². The molecule has 0 amide bonds. The Morgan fingerprint density at radius 2 is 0.979 bits per heavy atom. The molecule has 47 heavy (non-hydrogen) atoms. The van der Waals surface area contributed by atoms with Gasteiger partial charge >= 0.3 is 11.9 Å². The van der Waals surface area contributed by atoms with E-state index in [9.17, 15) is 9.59 Å². The molecule has 5 aromatic carbocycles. The Kier molecular flexibility index (Phi) is 12.9. The first-order valence-electron chi connectivity index (χ1n) is 16.1. The second kappa shape index (κ2) is 17.5. The lowest BCUT2D eigenvalue weighted by molar-refractivity contribution is -0.149. The van der Waals surface area contributed by atoms with E-state index < -0.39 is 28.8 Å². The van der Waals surface area contributed by atoms with Gasteiger partial charge in [-0.3, -0.25) is 4.79 Å². The lowest BCUT2D eigenvalue weighted by Crippen LogP contribution is -2.41. The number of hydrogen-bond donors (Lipinski definition) is 0. The van der Waals surface area contributed by atoms with Crippen LogP contribution in [-0.2, 0) is 19.1 Å². The molecule has 7 heteroatoms. The van der Waals surface area contributed by atoms with Crippen LogP contribution in [0.4, 0.5) is 0 Å². The van der Waals surface area contributed by atoms with E-state index in [1.807, 2.05) is 43.3 Å². The van der Waals surface area contributed by atoms with Crippen molar-refractivity contribution < 1.29 is 19.1 Å². The van der Waals surface area contributed by atoms with Crippen LogP contribution in [0.2, 0.25) is 0 Å². The molecule has 0 spiro atoms. The first-order valence-corrected chi connectivity index (χ1v) is 21.3. The Labute approximate surface area is 282 Å². The minimum atomic E-state index is -2.67. The highest BCUT2D eigenvalue weighted by Crippen LogP contribution is 2.70. The quantitative estimate of drug-likeness (QED) is 0.0856. The highest BCUT2D eigenvalue weighted by Gasteiger charge is 2.56. The van der Waals surface area contributed by atoms with E-state index in [2.05, 4.69) is 115 Å². The number of rotatable bonds is 15. The van der Waals surface area contributed by atoms with Gasteiger partial charge in [-0.25, -0.2) is 4.79 Å². The topological polar surface area (TPSA) is 52.6 Å². The molecule has 0 N–H and O–H groups in total. The summed E-state index contributed by atoms with van der Waals surface area (Å²) in [6.45, 7) is 4.13. The third kappa shape index (κ3) is 8.63. The number of carbonyl (C=O) groups is 2. The predicted octanol–water partition coefficient (Wildman–Crippen LogP) is 7.40. The maximum atomic E-state index is 14.3. The Morgan fingerprint density at radius 3 is 1.40 bits per heavy atom. The molecule has 5 rings (SSSR count). The molecule has 4 nitrogen and oxygen atoms in total. The van der Waals surface area contributed by atoms with Crippen molar-refractivity contribution in [3.05, 3.63) is 152 Å². The van der Waals surface area contributed by atoms with Crippen LogP contribution in [0.1, 0.15) is 20.3 Å². The minimum absolute atomic E-state index is 0.0334. The maximum Gasteiger partial charge on any atom is 0.348 e. The van der Waals surface area contributed by atoms with Crippen LogP contribution in [0.15, 0.2) is 152 Å². The third-order valence-corrected chi connectivity index (χ3v) is 20.6. The summed E-state index contributed by atoms with van der Waals surface area (Å²) in [7, 11) is -4.26. The number of ether oxygens (including phenoxy) is 2. The fraction of sp³-hybridized carbons (Fsp3) is 0.200. The second-order valence-corrected chi connectivity index (χ2v) is 20.2. The molecule has 0 aliphatic carbocycles. The van der Waals surface area contributed by atoms with E-state index in [1.165, 1.54) is 15.9 Å². The van der Waals surface area contributed by atoms with Crippen molar-refractivity contribution in [2.45, 2.75) is 25.9 Å². The average Bonchev–Trinajstić information content (AvgIpc) is 3.13. The van der Waals surface area contributed by atoms with Crippen LogP contribution in [0, 0.1) is 0 Å². The van der Waals surface area contributed by atoms with Gasteiger partial charge in [0.1, 0.15) is 10.6 Å². The van der Waals surface area contributed by atoms with Gasteiger partial charge in [-0.05, 0) is 69.9 Å². The van der Waals surface area contributed by atoms with Crippen molar-refractivity contribution >= 4 is 61.6 Å². The van der Waals surface area contributed by atoms with Gasteiger partial charge in [0.25, 0.3) is 0 Å². The second-order valence-electron chi connectivity index (χ2n) is 11.1. The van der Waals surface area contributed by atoms with Gasteiger partial charge in [-0.15, -0.1) is 0 Å². The molecule has 240 valence electrons. The van der Waals surface area contributed by atoms with Crippen molar-refractivity contribution in [1.82, 2.24) is 0 Å². The highest BCUT2D eigenvalue weighted by atomic mass is 31.2. The molecular formula is C40H42O4P3+. The number of esters is 2. The standard InChI is InChI=1S/C40H42O4P3/c1-3-43-39(41)30-38(40(42)44-4-2)47(36-26-16-8-17-27-36,37-28-18-9-19-29-37)32-45(33-20-10-5-11-21-33)31-46(34-22-12-6-13-23-34)35-24-14-7-15-25-35/h5-29,38H,3-4,30-32H2,1-2H3/q+1. The van der Waals surface area contributed by atoms with Crippen molar-refractivity contribution in [2.75, 3.05) is 25.0 Å². The van der Waals surface area contributed by atoms with Gasteiger partial charge in [0, 0.05) is 5.90 Å². The molecule has 0 aliphatic heterocycles. The molecule has 0 saturated heterocycles. The largest absolute Gasteiger partial charge is 0.466 e. The zero-order valence-corrected chi connectivity index (χ0v) is 29.7. The number of benzene rings is 5. The van der Waals surface area contributed by atoms with Crippen LogP contribution in [0.3, 0.4) is 0 Å². The molecular weight excluding hydrogens is 637 g/mol. The summed E-state index contributed by atoms with van der Waals surface area (Å²) >= 11 is 0. The van der Waals surface area contributed by atoms with Gasteiger partial charge in [0.05, 0.1) is 32.8 Å². The summed E-state index contributed by atoms with van der Waals surface area (Å²) in [4.78, 5) is 27.6. The molecule has 0 radical (unpaired) electrons. The first kappa shape index (κ1) is 34.7. The summed E-state index contributed by atoms with van der Waals surface area (Å²) in [5, 5.41) is 6.14. The summed E-state index contributed by atoms with van der Waals surface area (Å²) in [6.07, 6.45) is -0.0334. The Balaban J connectivity index is 1.75. The van der Waals surface area contributed by atoms with Gasteiger partial charge in [0.2, 0.25) is 0 Å². The summed E-state index contributed by atoms with van der Waals surface area (Å²) in [6, 6.07) is 53.2. The molecule has 0 saturated carbocycles. The Morgan fingerprint density at radius 1 is 0.574 bits per heavy atom. The van der Waals surface area contributed by atoms with Gasteiger partial charge < -0.3 is 9.47 Å². The zero-order chi connectivity index (χ0) is 32.9. The molecule has 0 aliphatic rings. The Bertz CT molecular complexity index is 1590. The molecule has 2 atom stereocenters. The zero-order valence-electron chi connectivity index (χ0n) is 27.0. The van der Waals surface area contributed by atoms with Gasteiger partial charge in [-0.1, -0.05) is 127 Å². The van der Waals surface area contributed by atoms with Gasteiger partial charge in [0.15, 0.2) is 5.66 Å². The molecule has 2 unspecified atom stereocenters. The smallest absolute Gasteiger partial charge is 0.348 e. The average molecular weight is 680 g/mol. The normalized spacial score (nSPS) is 12.7. The van der Waals surface area contributed by atoms with E-state index in [1.54, 1.807) is 6.92 Å². The molecule has 0 bridgehead atoms.